The number of rotatable bonds is 5. The molecule has 9 aromatic rings. The van der Waals surface area contributed by atoms with E-state index in [4.69, 9.17) is 4.42 Å². The van der Waals surface area contributed by atoms with Gasteiger partial charge in [0.05, 0.1) is 18.5 Å². The van der Waals surface area contributed by atoms with Crippen LogP contribution in [-0.2, 0) is 0 Å². The van der Waals surface area contributed by atoms with Gasteiger partial charge in [-0.15, -0.1) is 0 Å². The smallest absolute Gasteiger partial charge is 0.143 e. The molecule has 51 heavy (non-hydrogen) atoms. The van der Waals surface area contributed by atoms with Crippen molar-refractivity contribution in [1.82, 2.24) is 16.0 Å². The highest BCUT2D eigenvalue weighted by molar-refractivity contribution is 6.19. The maximum absolute atomic E-state index is 6.76. The molecule has 0 bridgehead atoms. The van der Waals surface area contributed by atoms with E-state index in [0.717, 1.165) is 32.9 Å². The number of furan rings is 1. The van der Waals surface area contributed by atoms with E-state index >= 15 is 0 Å². The second kappa shape index (κ2) is 12.4. The lowest BCUT2D eigenvalue weighted by Crippen LogP contribution is -2.54. The molecule has 8 aromatic carbocycles. The molecule has 244 valence electrons. The maximum atomic E-state index is 6.76. The van der Waals surface area contributed by atoms with Gasteiger partial charge in [0, 0.05) is 16.2 Å². The first-order valence-electron chi connectivity index (χ1n) is 17.6. The summed E-state index contributed by atoms with van der Waals surface area (Å²) in [4.78, 5) is 0. The minimum absolute atomic E-state index is 0.0347. The van der Waals surface area contributed by atoms with Crippen molar-refractivity contribution in [3.63, 3.8) is 0 Å². The van der Waals surface area contributed by atoms with E-state index < -0.39 is 0 Å². The summed E-state index contributed by atoms with van der Waals surface area (Å²) in [6.45, 7) is 0. The molecular weight excluding hydrogens is 623 g/mol. The molecule has 2 atom stereocenters. The summed E-state index contributed by atoms with van der Waals surface area (Å²) in [6.07, 6.45) is -0.174. The van der Waals surface area contributed by atoms with Gasteiger partial charge in [-0.05, 0) is 67.2 Å². The first-order chi connectivity index (χ1) is 25.3. The standard InChI is InChI=1S/C47H35N3O/c1-3-13-33(14-4-1)45-48-46(34-15-5-2-6-16-34)50-47(49-45)35-26-27-39-42-29-41(38-19-9-10-20-40(38)44(42)51-43(39)28-35)32-24-22-31(23-25-32)37-21-11-17-30-12-7-8-18-36(30)37/h1-29,45-50H. The van der Waals surface area contributed by atoms with Crippen molar-refractivity contribution in [2.75, 3.05) is 0 Å². The molecule has 0 radical (unpaired) electrons. The molecule has 2 unspecified atom stereocenters. The largest absolute Gasteiger partial charge is 0.455 e. The zero-order valence-corrected chi connectivity index (χ0v) is 27.9. The van der Waals surface area contributed by atoms with Crippen LogP contribution < -0.4 is 16.0 Å². The summed E-state index contributed by atoms with van der Waals surface area (Å²) < 4.78 is 6.76. The van der Waals surface area contributed by atoms with E-state index in [1.807, 2.05) is 0 Å². The molecule has 4 heteroatoms. The molecule has 4 nitrogen and oxygen atoms in total. The quantitative estimate of drug-likeness (QED) is 0.172. The molecule has 1 aliphatic rings. The molecule has 1 saturated heterocycles. The lowest BCUT2D eigenvalue weighted by molar-refractivity contribution is 0.203. The predicted molar refractivity (Wildman–Crippen MR) is 210 cm³/mol. The van der Waals surface area contributed by atoms with E-state index in [-0.39, 0.29) is 18.5 Å². The van der Waals surface area contributed by atoms with Gasteiger partial charge in [0.2, 0.25) is 0 Å². The van der Waals surface area contributed by atoms with Crippen LogP contribution in [0.15, 0.2) is 180 Å². The SMILES string of the molecule is c1ccc(C2NC(c3ccccc3)NC(c3ccc4c(c3)oc3c5ccccc5c(-c5ccc(-c6cccc7ccccc67)cc5)cc43)N2)cc1. The van der Waals surface area contributed by atoms with Crippen molar-refractivity contribution in [1.29, 1.82) is 0 Å². The molecule has 0 aliphatic carbocycles. The Labute approximate surface area is 296 Å². The molecular formula is C47H35N3O. The van der Waals surface area contributed by atoms with E-state index in [0.29, 0.717) is 0 Å². The molecule has 0 spiro atoms. The number of hydrogen-bond acceptors (Lipinski definition) is 4. The van der Waals surface area contributed by atoms with Crippen LogP contribution in [0.3, 0.4) is 0 Å². The summed E-state index contributed by atoms with van der Waals surface area (Å²) in [6, 6.07) is 62.8. The Morgan fingerprint density at radius 3 is 1.59 bits per heavy atom. The van der Waals surface area contributed by atoms with Crippen molar-refractivity contribution in [2.24, 2.45) is 0 Å². The maximum Gasteiger partial charge on any atom is 0.143 e. The molecule has 1 aromatic heterocycles. The first-order valence-corrected chi connectivity index (χ1v) is 17.6. The zero-order valence-electron chi connectivity index (χ0n) is 27.9. The topological polar surface area (TPSA) is 49.2 Å². The predicted octanol–water partition coefficient (Wildman–Crippen LogP) is 11.4. The fourth-order valence-electron chi connectivity index (χ4n) is 7.85. The normalized spacial score (nSPS) is 17.8. The Hall–Kier alpha value is -6.04. The van der Waals surface area contributed by atoms with Crippen LogP contribution >= 0.6 is 0 Å². The molecule has 0 saturated carbocycles. The average molecular weight is 658 g/mol. The van der Waals surface area contributed by atoms with Gasteiger partial charge in [0.1, 0.15) is 11.2 Å². The summed E-state index contributed by atoms with van der Waals surface area (Å²) in [7, 11) is 0. The van der Waals surface area contributed by atoms with E-state index in [9.17, 15) is 0 Å². The Morgan fingerprint density at radius 1 is 0.353 bits per heavy atom. The van der Waals surface area contributed by atoms with Crippen molar-refractivity contribution in [3.05, 3.63) is 193 Å². The molecule has 2 heterocycles. The van der Waals surface area contributed by atoms with Crippen molar-refractivity contribution >= 4 is 43.5 Å². The van der Waals surface area contributed by atoms with Crippen LogP contribution in [-0.4, -0.2) is 0 Å². The molecule has 0 amide bonds. The van der Waals surface area contributed by atoms with Gasteiger partial charge in [-0.2, -0.15) is 0 Å². The van der Waals surface area contributed by atoms with Gasteiger partial charge in [-0.3, -0.25) is 16.0 Å². The summed E-state index contributed by atoms with van der Waals surface area (Å²) >= 11 is 0. The second-order valence-corrected chi connectivity index (χ2v) is 13.4. The van der Waals surface area contributed by atoms with Gasteiger partial charge in [-0.25, -0.2) is 0 Å². The summed E-state index contributed by atoms with van der Waals surface area (Å²) in [5, 5.41) is 18.4. The van der Waals surface area contributed by atoms with Gasteiger partial charge >= 0.3 is 0 Å². The number of hydrogen-bond donors (Lipinski definition) is 3. The Morgan fingerprint density at radius 2 is 0.902 bits per heavy atom. The van der Waals surface area contributed by atoms with Crippen LogP contribution in [0.5, 0.6) is 0 Å². The molecule has 10 rings (SSSR count). The Balaban J connectivity index is 1.05. The minimum Gasteiger partial charge on any atom is -0.455 e. The lowest BCUT2D eigenvalue weighted by Gasteiger charge is -2.39. The van der Waals surface area contributed by atoms with Crippen LogP contribution in [0.25, 0.3) is 65.7 Å². The van der Waals surface area contributed by atoms with Crippen molar-refractivity contribution in [2.45, 2.75) is 18.5 Å². The number of fused-ring (bicyclic) bond motifs is 6. The van der Waals surface area contributed by atoms with Crippen LogP contribution in [0.1, 0.15) is 35.2 Å². The number of nitrogens with one attached hydrogen (secondary N) is 3. The van der Waals surface area contributed by atoms with Crippen LogP contribution in [0.2, 0.25) is 0 Å². The zero-order chi connectivity index (χ0) is 33.7. The highest BCUT2D eigenvalue weighted by Crippen LogP contribution is 2.41. The highest BCUT2D eigenvalue weighted by atomic mass is 16.3. The van der Waals surface area contributed by atoms with Gasteiger partial charge in [0.15, 0.2) is 0 Å². The monoisotopic (exact) mass is 657 g/mol. The second-order valence-electron chi connectivity index (χ2n) is 13.4. The lowest BCUT2D eigenvalue weighted by atomic mass is 9.93. The minimum atomic E-state index is -0.105. The fraction of sp³-hybridized carbons (Fsp3) is 0.0638. The van der Waals surface area contributed by atoms with Crippen molar-refractivity contribution < 1.29 is 4.42 Å². The first kappa shape index (κ1) is 29.8. The average Bonchev–Trinajstić information content (AvgIpc) is 3.59. The van der Waals surface area contributed by atoms with Gasteiger partial charge < -0.3 is 4.42 Å². The summed E-state index contributed by atoms with van der Waals surface area (Å²) in [5.41, 5.74) is 10.2. The third kappa shape index (κ3) is 5.29. The van der Waals surface area contributed by atoms with E-state index in [2.05, 4.69) is 192 Å². The van der Waals surface area contributed by atoms with Crippen LogP contribution in [0.4, 0.5) is 0 Å². The molecule has 1 aliphatic heterocycles. The number of benzene rings is 8. The third-order valence-corrected chi connectivity index (χ3v) is 10.4. The third-order valence-electron chi connectivity index (χ3n) is 10.4. The van der Waals surface area contributed by atoms with E-state index in [1.165, 1.54) is 49.5 Å². The molecule has 3 N–H and O–H groups in total. The summed E-state index contributed by atoms with van der Waals surface area (Å²) in [5.74, 6) is 0. The Kier molecular flexibility index (Phi) is 7.24. The fourth-order valence-corrected chi connectivity index (χ4v) is 7.85. The highest BCUT2D eigenvalue weighted by Gasteiger charge is 2.30. The van der Waals surface area contributed by atoms with Crippen LogP contribution in [0, 0.1) is 0 Å². The Bertz CT molecular complexity index is 2630. The van der Waals surface area contributed by atoms with Crippen molar-refractivity contribution in [3.8, 4) is 22.3 Å². The van der Waals surface area contributed by atoms with Gasteiger partial charge in [0.25, 0.3) is 0 Å². The molecule has 1 fully saturated rings. The van der Waals surface area contributed by atoms with E-state index in [1.54, 1.807) is 0 Å². The van der Waals surface area contributed by atoms with Gasteiger partial charge in [-0.1, -0.05) is 164 Å².